The van der Waals surface area contributed by atoms with Crippen molar-refractivity contribution >= 4 is 11.7 Å². The lowest BCUT2D eigenvalue weighted by atomic mass is 10.2. The SMILES string of the molecule is C[C@H]1CCCN1CC(=O)Nc1ccn([C@@H]2CCNC2)n1. The summed E-state index contributed by atoms with van der Waals surface area (Å²) in [6.45, 7) is 5.68. The van der Waals surface area contributed by atoms with Crippen molar-refractivity contribution in [1.29, 1.82) is 0 Å². The highest BCUT2D eigenvalue weighted by Crippen LogP contribution is 2.17. The molecule has 0 spiro atoms. The number of hydrogen-bond acceptors (Lipinski definition) is 4. The maximum atomic E-state index is 12.0. The minimum atomic E-state index is 0.0357. The zero-order valence-electron chi connectivity index (χ0n) is 12.0. The molecule has 1 aromatic rings. The van der Waals surface area contributed by atoms with E-state index >= 15 is 0 Å². The van der Waals surface area contributed by atoms with E-state index in [-0.39, 0.29) is 5.91 Å². The van der Waals surface area contributed by atoms with Crippen LogP contribution < -0.4 is 10.6 Å². The van der Waals surface area contributed by atoms with E-state index in [4.69, 9.17) is 0 Å². The average Bonchev–Trinajstić information content (AvgIpc) is 3.12. The molecule has 6 heteroatoms. The molecule has 20 heavy (non-hydrogen) atoms. The first kappa shape index (κ1) is 13.6. The fourth-order valence-corrected chi connectivity index (χ4v) is 3.07. The first-order valence-electron chi connectivity index (χ1n) is 7.52. The van der Waals surface area contributed by atoms with E-state index in [1.54, 1.807) is 0 Å². The van der Waals surface area contributed by atoms with Gasteiger partial charge in [-0.25, -0.2) is 0 Å². The molecule has 1 amide bonds. The van der Waals surface area contributed by atoms with Crippen LogP contribution in [0.2, 0.25) is 0 Å². The Labute approximate surface area is 119 Å². The molecule has 0 bridgehead atoms. The van der Waals surface area contributed by atoms with Crippen molar-refractivity contribution in [3.05, 3.63) is 12.3 Å². The Morgan fingerprint density at radius 2 is 2.45 bits per heavy atom. The Bertz CT molecular complexity index is 466. The van der Waals surface area contributed by atoms with Crippen LogP contribution in [0.3, 0.4) is 0 Å². The van der Waals surface area contributed by atoms with E-state index in [0.717, 1.165) is 26.1 Å². The number of anilines is 1. The molecule has 0 radical (unpaired) electrons. The maximum absolute atomic E-state index is 12.0. The third-order valence-electron chi connectivity index (χ3n) is 4.32. The summed E-state index contributed by atoms with van der Waals surface area (Å²) in [6.07, 6.45) is 5.43. The van der Waals surface area contributed by atoms with Crippen molar-refractivity contribution in [2.45, 2.75) is 38.3 Å². The number of rotatable bonds is 4. The average molecular weight is 277 g/mol. The number of nitrogens with one attached hydrogen (secondary N) is 2. The van der Waals surface area contributed by atoms with Gasteiger partial charge in [0.1, 0.15) is 0 Å². The Balaban J connectivity index is 1.53. The van der Waals surface area contributed by atoms with Crippen molar-refractivity contribution in [2.24, 2.45) is 0 Å². The fraction of sp³-hybridized carbons (Fsp3) is 0.714. The highest BCUT2D eigenvalue weighted by Gasteiger charge is 2.23. The van der Waals surface area contributed by atoms with Crippen LogP contribution in [0.25, 0.3) is 0 Å². The minimum absolute atomic E-state index is 0.0357. The van der Waals surface area contributed by atoms with Gasteiger partial charge < -0.3 is 10.6 Å². The van der Waals surface area contributed by atoms with Crippen LogP contribution in [0.5, 0.6) is 0 Å². The molecule has 0 unspecified atom stereocenters. The van der Waals surface area contributed by atoms with Crippen molar-refractivity contribution in [3.8, 4) is 0 Å². The molecule has 2 N–H and O–H groups in total. The number of hydrogen-bond donors (Lipinski definition) is 2. The zero-order valence-corrected chi connectivity index (χ0v) is 12.0. The molecule has 0 saturated carbocycles. The number of nitrogens with zero attached hydrogens (tertiary/aromatic N) is 3. The van der Waals surface area contributed by atoms with Gasteiger partial charge in [-0.05, 0) is 39.3 Å². The lowest BCUT2D eigenvalue weighted by Gasteiger charge is -2.19. The predicted molar refractivity (Wildman–Crippen MR) is 77.6 cm³/mol. The molecule has 2 fully saturated rings. The van der Waals surface area contributed by atoms with Crippen LogP contribution in [0, 0.1) is 0 Å². The largest absolute Gasteiger partial charge is 0.315 e. The summed E-state index contributed by atoms with van der Waals surface area (Å²) < 4.78 is 1.95. The lowest BCUT2D eigenvalue weighted by Crippen LogP contribution is -2.35. The van der Waals surface area contributed by atoms with Crippen molar-refractivity contribution < 1.29 is 4.79 Å². The molecule has 1 aromatic heterocycles. The van der Waals surface area contributed by atoms with Gasteiger partial charge in [-0.3, -0.25) is 14.4 Å². The van der Waals surface area contributed by atoms with E-state index in [0.29, 0.717) is 24.4 Å². The second kappa shape index (κ2) is 5.93. The van der Waals surface area contributed by atoms with Crippen molar-refractivity contribution in [1.82, 2.24) is 20.0 Å². The van der Waals surface area contributed by atoms with E-state index in [1.807, 2.05) is 16.9 Å². The maximum Gasteiger partial charge on any atom is 0.239 e. The fourth-order valence-electron chi connectivity index (χ4n) is 3.07. The third kappa shape index (κ3) is 3.02. The quantitative estimate of drug-likeness (QED) is 0.856. The summed E-state index contributed by atoms with van der Waals surface area (Å²) in [5, 5.41) is 10.7. The highest BCUT2D eigenvalue weighted by molar-refractivity contribution is 5.91. The molecular weight excluding hydrogens is 254 g/mol. The molecular formula is C14H23N5O. The van der Waals surface area contributed by atoms with Crippen LogP contribution in [-0.4, -0.2) is 52.8 Å². The summed E-state index contributed by atoms with van der Waals surface area (Å²) in [7, 11) is 0. The Morgan fingerprint density at radius 3 is 3.15 bits per heavy atom. The number of carbonyl (C=O) groups is 1. The van der Waals surface area contributed by atoms with Gasteiger partial charge in [0.25, 0.3) is 0 Å². The van der Waals surface area contributed by atoms with Gasteiger partial charge in [0, 0.05) is 24.8 Å². The van der Waals surface area contributed by atoms with Gasteiger partial charge in [-0.2, -0.15) is 5.10 Å². The summed E-state index contributed by atoms with van der Waals surface area (Å²) in [5.41, 5.74) is 0. The summed E-state index contributed by atoms with van der Waals surface area (Å²) >= 11 is 0. The highest BCUT2D eigenvalue weighted by atomic mass is 16.2. The van der Waals surface area contributed by atoms with Crippen LogP contribution in [0.4, 0.5) is 5.82 Å². The first-order valence-corrected chi connectivity index (χ1v) is 7.52. The standard InChI is InChI=1S/C14H23N5O/c1-11-3-2-7-18(11)10-14(20)16-13-5-8-19(17-13)12-4-6-15-9-12/h5,8,11-12,15H,2-4,6-7,9-10H2,1H3,(H,16,17,20)/t11-,12+/m0/s1. The third-order valence-corrected chi connectivity index (χ3v) is 4.32. The van der Waals surface area contributed by atoms with Gasteiger partial charge in [-0.15, -0.1) is 0 Å². The molecule has 3 heterocycles. The van der Waals surface area contributed by atoms with E-state index in [2.05, 4.69) is 27.6 Å². The zero-order chi connectivity index (χ0) is 13.9. The van der Waals surface area contributed by atoms with Crippen LogP contribution in [0.1, 0.15) is 32.2 Å². The van der Waals surface area contributed by atoms with Crippen LogP contribution in [-0.2, 0) is 4.79 Å². The number of likely N-dealkylation sites (tertiary alicyclic amines) is 1. The van der Waals surface area contributed by atoms with E-state index < -0.39 is 0 Å². The molecule has 2 aliphatic heterocycles. The number of carbonyl (C=O) groups excluding carboxylic acids is 1. The predicted octanol–water partition coefficient (Wildman–Crippen LogP) is 0.840. The van der Waals surface area contributed by atoms with Gasteiger partial charge in [0.05, 0.1) is 12.6 Å². The van der Waals surface area contributed by atoms with Gasteiger partial charge in [0.15, 0.2) is 5.82 Å². The molecule has 2 aliphatic rings. The molecule has 110 valence electrons. The summed E-state index contributed by atoms with van der Waals surface area (Å²) in [6, 6.07) is 2.81. The number of amides is 1. The van der Waals surface area contributed by atoms with Gasteiger partial charge in [0.2, 0.25) is 5.91 Å². The van der Waals surface area contributed by atoms with E-state index in [9.17, 15) is 4.79 Å². The van der Waals surface area contributed by atoms with E-state index in [1.165, 1.54) is 12.8 Å². The normalized spacial score (nSPS) is 27.1. The topological polar surface area (TPSA) is 62.2 Å². The minimum Gasteiger partial charge on any atom is -0.315 e. The summed E-state index contributed by atoms with van der Waals surface area (Å²) in [4.78, 5) is 14.3. The Kier molecular flexibility index (Phi) is 4.03. The Hall–Kier alpha value is -1.40. The lowest BCUT2D eigenvalue weighted by molar-refractivity contribution is -0.117. The van der Waals surface area contributed by atoms with Gasteiger partial charge in [-0.1, -0.05) is 0 Å². The molecule has 6 nitrogen and oxygen atoms in total. The molecule has 0 aliphatic carbocycles. The van der Waals surface area contributed by atoms with Crippen molar-refractivity contribution in [2.75, 3.05) is 31.5 Å². The number of aromatic nitrogens is 2. The second-order valence-corrected chi connectivity index (χ2v) is 5.84. The summed E-state index contributed by atoms with van der Waals surface area (Å²) in [5.74, 6) is 0.697. The second-order valence-electron chi connectivity index (χ2n) is 5.84. The molecule has 2 saturated heterocycles. The smallest absolute Gasteiger partial charge is 0.239 e. The molecule has 3 rings (SSSR count). The molecule has 2 atom stereocenters. The van der Waals surface area contributed by atoms with Crippen molar-refractivity contribution in [3.63, 3.8) is 0 Å². The van der Waals surface area contributed by atoms with Gasteiger partial charge >= 0.3 is 0 Å². The van der Waals surface area contributed by atoms with Crippen LogP contribution in [0.15, 0.2) is 12.3 Å². The first-order chi connectivity index (χ1) is 9.72. The monoisotopic (exact) mass is 277 g/mol. The molecule has 0 aromatic carbocycles. The van der Waals surface area contributed by atoms with Crippen LogP contribution >= 0.6 is 0 Å². The Morgan fingerprint density at radius 1 is 1.55 bits per heavy atom.